The zero-order valence-corrected chi connectivity index (χ0v) is 19.6. The SMILES string of the molecule is COC(=O)N1C2CCC1CC(N1CCC3(CCN(C(=O)N(C)C)c4ccccc43)CC1)C2. The molecule has 4 aliphatic heterocycles. The molecule has 0 N–H and O–H groups in total. The minimum Gasteiger partial charge on any atom is -0.453 e. The lowest BCUT2D eigenvalue weighted by atomic mass is 9.67. The van der Waals surface area contributed by atoms with Crippen LogP contribution in [0.25, 0.3) is 0 Å². The van der Waals surface area contributed by atoms with Gasteiger partial charge < -0.3 is 19.4 Å². The maximum absolute atomic E-state index is 12.8. The molecule has 32 heavy (non-hydrogen) atoms. The van der Waals surface area contributed by atoms with Gasteiger partial charge in [-0.1, -0.05) is 18.2 Å². The average molecular weight is 441 g/mol. The van der Waals surface area contributed by atoms with Crippen LogP contribution in [0.5, 0.6) is 0 Å². The Bertz CT molecular complexity index is 866. The van der Waals surface area contributed by atoms with Gasteiger partial charge in [0.1, 0.15) is 0 Å². The summed E-state index contributed by atoms with van der Waals surface area (Å²) in [6, 6.07) is 9.84. The largest absolute Gasteiger partial charge is 0.453 e. The summed E-state index contributed by atoms with van der Waals surface area (Å²) in [7, 11) is 5.14. The fourth-order valence-corrected chi connectivity index (χ4v) is 6.87. The van der Waals surface area contributed by atoms with Crippen molar-refractivity contribution in [2.45, 2.75) is 68.5 Å². The molecule has 3 amide bonds. The summed E-state index contributed by atoms with van der Waals surface area (Å²) < 4.78 is 5.04. The van der Waals surface area contributed by atoms with E-state index in [9.17, 15) is 9.59 Å². The first-order valence-electron chi connectivity index (χ1n) is 12.1. The summed E-state index contributed by atoms with van der Waals surface area (Å²) in [6.45, 7) is 2.98. The van der Waals surface area contributed by atoms with Gasteiger partial charge in [0.25, 0.3) is 0 Å². The van der Waals surface area contributed by atoms with E-state index in [4.69, 9.17) is 4.74 Å². The van der Waals surface area contributed by atoms with Crippen molar-refractivity contribution in [1.29, 1.82) is 0 Å². The number of hydrogen-bond acceptors (Lipinski definition) is 4. The number of amides is 3. The number of rotatable bonds is 1. The van der Waals surface area contributed by atoms with Crippen molar-refractivity contribution in [3.05, 3.63) is 29.8 Å². The third-order valence-electron chi connectivity index (χ3n) is 8.56. The van der Waals surface area contributed by atoms with Crippen molar-refractivity contribution >= 4 is 17.8 Å². The van der Waals surface area contributed by atoms with Gasteiger partial charge in [-0.05, 0) is 69.7 Å². The first-order chi connectivity index (χ1) is 15.4. The molecule has 3 fully saturated rings. The van der Waals surface area contributed by atoms with E-state index in [2.05, 4.69) is 23.1 Å². The molecule has 4 heterocycles. The number of methoxy groups -OCH3 is 1. The van der Waals surface area contributed by atoms with Crippen molar-refractivity contribution in [3.63, 3.8) is 0 Å². The van der Waals surface area contributed by atoms with Crippen LogP contribution in [-0.2, 0) is 10.2 Å². The van der Waals surface area contributed by atoms with Gasteiger partial charge in [0.15, 0.2) is 0 Å². The molecule has 5 rings (SSSR count). The van der Waals surface area contributed by atoms with Gasteiger partial charge in [-0.15, -0.1) is 0 Å². The standard InChI is InChI=1S/C25H36N4O3/c1-26(2)23(30)28-15-12-25(21-6-4-5-7-22(21)28)10-13-27(14-11-25)20-16-18-8-9-19(17-20)29(18)24(31)32-3/h4-7,18-20H,8-17H2,1-3H3. The van der Waals surface area contributed by atoms with E-state index in [0.29, 0.717) is 18.1 Å². The van der Waals surface area contributed by atoms with Gasteiger partial charge in [0.05, 0.1) is 7.11 Å². The third-order valence-corrected chi connectivity index (χ3v) is 8.56. The van der Waals surface area contributed by atoms with Crippen molar-refractivity contribution in [2.24, 2.45) is 0 Å². The van der Waals surface area contributed by atoms with Gasteiger partial charge in [0, 0.05) is 49.9 Å². The van der Waals surface area contributed by atoms with Gasteiger partial charge >= 0.3 is 12.1 Å². The molecule has 2 bridgehead atoms. The highest BCUT2D eigenvalue weighted by Gasteiger charge is 2.48. The molecule has 4 aliphatic rings. The Morgan fingerprint density at radius 1 is 0.969 bits per heavy atom. The molecule has 1 aromatic carbocycles. The lowest BCUT2D eigenvalue weighted by Crippen LogP contribution is -2.56. The fourth-order valence-electron chi connectivity index (χ4n) is 6.87. The molecule has 0 aromatic heterocycles. The van der Waals surface area contributed by atoms with Crippen LogP contribution in [-0.4, -0.2) is 85.8 Å². The number of anilines is 1. The molecule has 2 atom stereocenters. The third kappa shape index (κ3) is 3.45. The second-order valence-corrected chi connectivity index (χ2v) is 10.3. The molecule has 0 radical (unpaired) electrons. The number of piperidine rings is 2. The topological polar surface area (TPSA) is 56.3 Å². The zero-order chi connectivity index (χ0) is 22.5. The Morgan fingerprint density at radius 3 is 2.22 bits per heavy atom. The number of hydrogen-bond donors (Lipinski definition) is 0. The lowest BCUT2D eigenvalue weighted by molar-refractivity contribution is 0.0304. The highest BCUT2D eigenvalue weighted by Crippen LogP contribution is 2.48. The Balaban J connectivity index is 1.29. The Hall–Kier alpha value is -2.28. The van der Waals surface area contributed by atoms with E-state index in [1.54, 1.807) is 4.90 Å². The second kappa shape index (κ2) is 8.25. The smallest absolute Gasteiger partial charge is 0.409 e. The normalized spacial score (nSPS) is 29.0. The van der Waals surface area contributed by atoms with Gasteiger partial charge in [0.2, 0.25) is 0 Å². The maximum Gasteiger partial charge on any atom is 0.409 e. The predicted octanol–water partition coefficient (Wildman–Crippen LogP) is 3.67. The summed E-state index contributed by atoms with van der Waals surface area (Å²) in [5.74, 6) is 0. The summed E-state index contributed by atoms with van der Waals surface area (Å²) in [4.78, 5) is 33.3. The quantitative estimate of drug-likeness (QED) is 0.669. The highest BCUT2D eigenvalue weighted by molar-refractivity contribution is 5.93. The van der Waals surface area contributed by atoms with Gasteiger partial charge in [-0.3, -0.25) is 4.90 Å². The summed E-state index contributed by atoms with van der Waals surface area (Å²) >= 11 is 0. The first-order valence-corrected chi connectivity index (χ1v) is 12.1. The first kappa shape index (κ1) is 21.6. The van der Waals surface area contributed by atoms with Crippen LogP contribution in [0.2, 0.25) is 0 Å². The monoisotopic (exact) mass is 440 g/mol. The molecule has 0 saturated carbocycles. The minimum absolute atomic E-state index is 0.0672. The number of para-hydroxylation sites is 1. The zero-order valence-electron chi connectivity index (χ0n) is 19.6. The molecule has 1 spiro atoms. The van der Waals surface area contributed by atoms with Crippen molar-refractivity contribution in [3.8, 4) is 0 Å². The summed E-state index contributed by atoms with van der Waals surface area (Å²) in [5.41, 5.74) is 2.61. The number of nitrogens with zero attached hydrogens (tertiary/aromatic N) is 4. The Kier molecular flexibility index (Phi) is 5.56. The van der Waals surface area contributed by atoms with E-state index in [0.717, 1.165) is 70.3 Å². The van der Waals surface area contributed by atoms with Crippen LogP contribution in [0.15, 0.2) is 24.3 Å². The average Bonchev–Trinajstić information content (AvgIpc) is 3.08. The number of carbonyl (C=O) groups is 2. The van der Waals surface area contributed by atoms with Crippen LogP contribution >= 0.6 is 0 Å². The molecule has 2 unspecified atom stereocenters. The van der Waals surface area contributed by atoms with Crippen LogP contribution in [0.1, 0.15) is 50.5 Å². The maximum atomic E-state index is 12.8. The fraction of sp³-hybridized carbons (Fsp3) is 0.680. The number of carbonyl (C=O) groups excluding carboxylic acids is 2. The Labute approximate surface area is 191 Å². The van der Waals surface area contributed by atoms with E-state index >= 15 is 0 Å². The summed E-state index contributed by atoms with van der Waals surface area (Å²) in [6.07, 6.45) is 7.52. The number of benzene rings is 1. The van der Waals surface area contributed by atoms with E-state index in [1.165, 1.54) is 12.7 Å². The van der Waals surface area contributed by atoms with Crippen LogP contribution in [0.3, 0.4) is 0 Å². The van der Waals surface area contributed by atoms with Crippen molar-refractivity contribution < 1.29 is 14.3 Å². The molecule has 174 valence electrons. The Morgan fingerprint density at radius 2 is 1.59 bits per heavy atom. The number of fused-ring (bicyclic) bond motifs is 4. The minimum atomic E-state index is -0.149. The molecule has 3 saturated heterocycles. The van der Waals surface area contributed by atoms with Gasteiger partial charge in [-0.25, -0.2) is 9.59 Å². The molecule has 7 heteroatoms. The van der Waals surface area contributed by atoms with Crippen molar-refractivity contribution in [2.75, 3.05) is 45.7 Å². The number of likely N-dealkylation sites (tertiary alicyclic amines) is 1. The second-order valence-electron chi connectivity index (χ2n) is 10.3. The number of ether oxygens (including phenoxy) is 1. The molecule has 7 nitrogen and oxygen atoms in total. The molecule has 0 aliphatic carbocycles. The lowest BCUT2D eigenvalue weighted by Gasteiger charge is -2.51. The van der Waals surface area contributed by atoms with Crippen molar-refractivity contribution in [1.82, 2.24) is 14.7 Å². The molecular weight excluding hydrogens is 404 g/mol. The molecule has 1 aromatic rings. The molecular formula is C25H36N4O3. The summed E-state index contributed by atoms with van der Waals surface area (Å²) in [5, 5.41) is 0. The predicted molar refractivity (Wildman–Crippen MR) is 124 cm³/mol. The van der Waals surface area contributed by atoms with Gasteiger partial charge in [-0.2, -0.15) is 0 Å². The van der Waals surface area contributed by atoms with E-state index in [-0.39, 0.29) is 17.5 Å². The van der Waals surface area contributed by atoms with Crippen LogP contribution in [0, 0.1) is 0 Å². The van der Waals surface area contributed by atoms with E-state index < -0.39 is 0 Å². The highest BCUT2D eigenvalue weighted by atomic mass is 16.5. The van der Waals surface area contributed by atoms with E-state index in [1.807, 2.05) is 30.0 Å². The number of urea groups is 1. The van der Waals surface area contributed by atoms with Crippen LogP contribution < -0.4 is 4.90 Å². The van der Waals surface area contributed by atoms with Crippen LogP contribution in [0.4, 0.5) is 15.3 Å².